The highest BCUT2D eigenvalue weighted by molar-refractivity contribution is 14.1. The van der Waals surface area contributed by atoms with Gasteiger partial charge in [0.25, 0.3) is 0 Å². The molecule has 0 radical (unpaired) electrons. The second-order valence-electron chi connectivity index (χ2n) is 4.17. The summed E-state index contributed by atoms with van der Waals surface area (Å²) in [4.78, 5) is 4.61. The number of morpholine rings is 1. The molecule has 2 aromatic rings. The maximum atomic E-state index is 6.02. The molecule has 0 amide bonds. The summed E-state index contributed by atoms with van der Waals surface area (Å²) in [6.07, 6.45) is 0. The SMILES string of the molecule is ClCc1nc2cc(I)ccc2n1N1CCOCC1. The molecular formula is C12H13ClIN3O. The number of rotatable bonds is 2. The molecule has 2 heterocycles. The smallest absolute Gasteiger partial charge is 0.143 e. The Labute approximate surface area is 124 Å². The Morgan fingerprint density at radius 3 is 2.83 bits per heavy atom. The lowest BCUT2D eigenvalue weighted by Crippen LogP contribution is -2.44. The van der Waals surface area contributed by atoms with Crippen molar-refractivity contribution < 1.29 is 4.74 Å². The van der Waals surface area contributed by atoms with E-state index in [1.807, 2.05) is 0 Å². The van der Waals surface area contributed by atoms with Crippen LogP contribution in [0, 0.1) is 3.57 Å². The van der Waals surface area contributed by atoms with Crippen molar-refractivity contribution in [1.29, 1.82) is 0 Å². The first-order chi connectivity index (χ1) is 8.79. The van der Waals surface area contributed by atoms with Crippen LogP contribution in [-0.2, 0) is 10.6 Å². The summed E-state index contributed by atoms with van der Waals surface area (Å²) < 4.78 is 8.72. The monoisotopic (exact) mass is 377 g/mol. The summed E-state index contributed by atoms with van der Waals surface area (Å²) in [5.74, 6) is 1.32. The van der Waals surface area contributed by atoms with Crippen LogP contribution in [0.5, 0.6) is 0 Å². The normalized spacial score (nSPS) is 16.4. The molecule has 0 aliphatic carbocycles. The molecular weight excluding hydrogens is 365 g/mol. The first kappa shape index (κ1) is 12.5. The number of aromatic nitrogens is 2. The van der Waals surface area contributed by atoms with E-state index in [1.54, 1.807) is 0 Å². The molecule has 0 saturated carbocycles. The third-order valence-corrected chi connectivity index (χ3v) is 3.96. The van der Waals surface area contributed by atoms with Crippen molar-refractivity contribution in [3.63, 3.8) is 0 Å². The highest BCUT2D eigenvalue weighted by Crippen LogP contribution is 2.21. The maximum absolute atomic E-state index is 6.02. The van der Waals surface area contributed by atoms with Gasteiger partial charge in [-0.2, -0.15) is 0 Å². The van der Waals surface area contributed by atoms with Crippen molar-refractivity contribution in [2.24, 2.45) is 0 Å². The van der Waals surface area contributed by atoms with Gasteiger partial charge in [0.15, 0.2) is 0 Å². The van der Waals surface area contributed by atoms with Crippen LogP contribution in [0.3, 0.4) is 0 Å². The van der Waals surface area contributed by atoms with E-state index in [0.29, 0.717) is 5.88 Å². The quantitative estimate of drug-likeness (QED) is 0.594. The van der Waals surface area contributed by atoms with Gasteiger partial charge in [-0.25, -0.2) is 9.66 Å². The summed E-state index contributed by atoms with van der Waals surface area (Å²) in [5, 5.41) is 2.25. The number of imidazole rings is 1. The summed E-state index contributed by atoms with van der Waals surface area (Å²) in [7, 11) is 0. The molecule has 0 bridgehead atoms. The molecule has 1 aliphatic rings. The Bertz CT molecular complexity index is 566. The van der Waals surface area contributed by atoms with Crippen molar-refractivity contribution in [1.82, 2.24) is 9.66 Å². The van der Waals surface area contributed by atoms with Gasteiger partial charge in [-0.1, -0.05) is 0 Å². The van der Waals surface area contributed by atoms with E-state index in [-0.39, 0.29) is 0 Å². The maximum Gasteiger partial charge on any atom is 0.143 e. The minimum atomic E-state index is 0.419. The van der Waals surface area contributed by atoms with Crippen LogP contribution in [0.1, 0.15) is 5.82 Å². The van der Waals surface area contributed by atoms with E-state index >= 15 is 0 Å². The van der Waals surface area contributed by atoms with Crippen molar-refractivity contribution >= 4 is 45.2 Å². The van der Waals surface area contributed by atoms with Crippen molar-refractivity contribution in [3.8, 4) is 0 Å². The molecule has 0 atom stereocenters. The topological polar surface area (TPSA) is 30.3 Å². The minimum Gasteiger partial charge on any atom is -0.378 e. The fourth-order valence-corrected chi connectivity index (χ4v) is 2.89. The number of hydrogen-bond donors (Lipinski definition) is 0. The average Bonchev–Trinajstić information content (AvgIpc) is 2.77. The minimum absolute atomic E-state index is 0.419. The average molecular weight is 378 g/mol. The molecule has 4 nitrogen and oxygen atoms in total. The van der Waals surface area contributed by atoms with Crippen molar-refractivity contribution in [2.75, 3.05) is 31.3 Å². The highest BCUT2D eigenvalue weighted by atomic mass is 127. The number of halogens is 2. The van der Waals surface area contributed by atoms with Gasteiger partial charge in [0.05, 0.1) is 43.2 Å². The van der Waals surface area contributed by atoms with Crippen LogP contribution >= 0.6 is 34.2 Å². The molecule has 3 rings (SSSR count). The van der Waals surface area contributed by atoms with E-state index in [0.717, 1.165) is 43.2 Å². The van der Waals surface area contributed by atoms with Crippen LogP contribution in [-0.4, -0.2) is 36.0 Å². The van der Waals surface area contributed by atoms with Gasteiger partial charge in [-0.05, 0) is 40.8 Å². The van der Waals surface area contributed by atoms with Crippen molar-refractivity contribution in [2.45, 2.75) is 5.88 Å². The third-order valence-electron chi connectivity index (χ3n) is 3.05. The van der Waals surface area contributed by atoms with Gasteiger partial charge in [0.1, 0.15) is 5.82 Å². The van der Waals surface area contributed by atoms with Gasteiger partial charge >= 0.3 is 0 Å². The molecule has 6 heteroatoms. The van der Waals surface area contributed by atoms with E-state index in [2.05, 4.69) is 55.5 Å². The fraction of sp³-hybridized carbons (Fsp3) is 0.417. The first-order valence-electron chi connectivity index (χ1n) is 5.85. The number of fused-ring (bicyclic) bond motifs is 1. The zero-order chi connectivity index (χ0) is 12.5. The molecule has 96 valence electrons. The Morgan fingerprint density at radius 1 is 1.33 bits per heavy atom. The molecule has 18 heavy (non-hydrogen) atoms. The van der Waals surface area contributed by atoms with Gasteiger partial charge in [0.2, 0.25) is 0 Å². The number of alkyl halides is 1. The van der Waals surface area contributed by atoms with E-state index < -0.39 is 0 Å². The Hall–Kier alpha value is -0.530. The lowest BCUT2D eigenvalue weighted by atomic mass is 10.3. The number of ether oxygens (including phenoxy) is 1. The molecule has 0 spiro atoms. The molecule has 1 fully saturated rings. The summed E-state index contributed by atoms with van der Waals surface area (Å²) in [6, 6.07) is 6.29. The van der Waals surface area contributed by atoms with Crippen LogP contribution in [0.2, 0.25) is 0 Å². The van der Waals surface area contributed by atoms with Crippen LogP contribution in [0.15, 0.2) is 18.2 Å². The number of hydrogen-bond acceptors (Lipinski definition) is 3. The van der Waals surface area contributed by atoms with E-state index in [9.17, 15) is 0 Å². The predicted octanol–water partition coefficient (Wildman–Crippen LogP) is 2.35. The molecule has 0 unspecified atom stereocenters. The molecule has 1 saturated heterocycles. The lowest BCUT2D eigenvalue weighted by molar-refractivity contribution is 0.111. The Balaban J connectivity index is 2.12. The highest BCUT2D eigenvalue weighted by Gasteiger charge is 2.18. The summed E-state index contributed by atoms with van der Waals surface area (Å²) in [6.45, 7) is 3.26. The fourth-order valence-electron chi connectivity index (χ4n) is 2.25. The lowest BCUT2D eigenvalue weighted by Gasteiger charge is -2.31. The van der Waals surface area contributed by atoms with E-state index in [4.69, 9.17) is 16.3 Å². The molecule has 0 N–H and O–H groups in total. The third kappa shape index (κ3) is 2.19. The largest absolute Gasteiger partial charge is 0.378 e. The standard InChI is InChI=1S/C12H13ClIN3O/c13-8-12-15-10-7-9(14)1-2-11(10)17(12)16-3-5-18-6-4-16/h1-2,7H,3-6,8H2. The van der Waals surface area contributed by atoms with Crippen LogP contribution in [0.4, 0.5) is 0 Å². The molecule has 1 aromatic heterocycles. The zero-order valence-corrected chi connectivity index (χ0v) is 12.7. The van der Waals surface area contributed by atoms with Gasteiger partial charge < -0.3 is 9.75 Å². The molecule has 1 aromatic carbocycles. The van der Waals surface area contributed by atoms with E-state index in [1.165, 1.54) is 3.57 Å². The summed E-state index contributed by atoms with van der Waals surface area (Å²) >= 11 is 8.32. The predicted molar refractivity (Wildman–Crippen MR) is 80.8 cm³/mol. The zero-order valence-electron chi connectivity index (χ0n) is 9.77. The van der Waals surface area contributed by atoms with Crippen molar-refractivity contribution in [3.05, 3.63) is 27.6 Å². The Morgan fingerprint density at radius 2 is 2.11 bits per heavy atom. The second kappa shape index (κ2) is 5.22. The summed E-state index contributed by atoms with van der Waals surface area (Å²) in [5.41, 5.74) is 2.12. The second-order valence-corrected chi connectivity index (χ2v) is 5.69. The Kier molecular flexibility index (Phi) is 3.63. The number of benzene rings is 1. The van der Waals surface area contributed by atoms with Gasteiger partial charge in [-0.3, -0.25) is 0 Å². The van der Waals surface area contributed by atoms with Crippen LogP contribution < -0.4 is 5.01 Å². The van der Waals surface area contributed by atoms with Gasteiger partial charge in [-0.15, -0.1) is 11.6 Å². The van der Waals surface area contributed by atoms with Gasteiger partial charge in [0, 0.05) is 3.57 Å². The molecule has 1 aliphatic heterocycles. The number of nitrogens with zero attached hydrogens (tertiary/aromatic N) is 3. The first-order valence-corrected chi connectivity index (χ1v) is 7.47. The van der Waals surface area contributed by atoms with Crippen LogP contribution in [0.25, 0.3) is 11.0 Å².